The van der Waals surface area contributed by atoms with E-state index in [1.807, 2.05) is 12.2 Å². The van der Waals surface area contributed by atoms with Gasteiger partial charge in [0.25, 0.3) is 5.91 Å². The Morgan fingerprint density at radius 1 is 1.15 bits per heavy atom. The third kappa shape index (κ3) is 7.70. The molecule has 1 aromatic heterocycles. The number of ether oxygens (including phenoxy) is 1. The minimum absolute atomic E-state index is 0.0391. The molecule has 2 saturated heterocycles. The molecule has 2 fully saturated rings. The highest BCUT2D eigenvalue weighted by Crippen LogP contribution is 2.50. The Morgan fingerprint density at radius 3 is 2.67 bits per heavy atom. The Balaban J connectivity index is 1.45. The fourth-order valence-electron chi connectivity index (χ4n) is 4.97. The summed E-state index contributed by atoms with van der Waals surface area (Å²) in [6.07, 6.45) is 14.9. The minimum atomic E-state index is -0.785. The first-order chi connectivity index (χ1) is 15.7. The Labute approximate surface area is 197 Å². The quantitative estimate of drug-likeness (QED) is 0.299. The summed E-state index contributed by atoms with van der Waals surface area (Å²) < 4.78 is 11.9. The average Bonchev–Trinajstić information content (AvgIpc) is 3.47. The van der Waals surface area contributed by atoms with Crippen molar-refractivity contribution in [1.29, 1.82) is 0 Å². The molecule has 3 rings (SSSR count). The van der Waals surface area contributed by atoms with E-state index in [1.54, 1.807) is 0 Å². The number of nitrogens with zero attached hydrogens (tertiary/aromatic N) is 1. The second-order valence-corrected chi connectivity index (χ2v) is 10.7. The van der Waals surface area contributed by atoms with E-state index in [-0.39, 0.29) is 36.4 Å². The van der Waals surface area contributed by atoms with Crippen LogP contribution in [0.15, 0.2) is 22.8 Å². The predicted molar refractivity (Wildman–Crippen MR) is 126 cm³/mol. The molecule has 0 saturated carbocycles. The van der Waals surface area contributed by atoms with Crippen molar-refractivity contribution in [3.8, 4) is 0 Å². The molecule has 1 amide bonds. The number of hydrogen-bond acceptors (Lipinski definition) is 5. The first kappa shape index (κ1) is 25.5. The van der Waals surface area contributed by atoms with Gasteiger partial charge in [-0.25, -0.2) is 4.98 Å². The number of aromatic nitrogens is 1. The van der Waals surface area contributed by atoms with Crippen LogP contribution < -0.4 is 5.32 Å². The third-order valence-corrected chi connectivity index (χ3v) is 6.70. The molecular weight excluding hydrogens is 420 g/mol. The molecule has 0 aliphatic carbocycles. The van der Waals surface area contributed by atoms with Crippen molar-refractivity contribution in [2.45, 2.75) is 103 Å². The zero-order chi connectivity index (χ0) is 23.8. The molecule has 0 spiro atoms. The smallest absolute Gasteiger partial charge is 0.303 e. The largest absolute Gasteiger partial charge is 0.481 e. The van der Waals surface area contributed by atoms with Crippen molar-refractivity contribution in [2.24, 2.45) is 11.3 Å². The van der Waals surface area contributed by atoms with E-state index in [4.69, 9.17) is 14.3 Å². The number of rotatable bonds is 13. The van der Waals surface area contributed by atoms with Crippen molar-refractivity contribution in [1.82, 2.24) is 10.3 Å². The Morgan fingerprint density at radius 2 is 1.91 bits per heavy atom. The molecule has 184 valence electrons. The van der Waals surface area contributed by atoms with Crippen LogP contribution in [0.2, 0.25) is 0 Å². The average molecular weight is 461 g/mol. The number of carboxylic acid groups (broad SMARTS) is 1. The molecule has 2 N–H and O–H groups in total. The van der Waals surface area contributed by atoms with Gasteiger partial charge in [0.1, 0.15) is 6.26 Å². The number of aliphatic carboxylic acids is 1. The first-order valence-corrected chi connectivity index (χ1v) is 12.5. The molecular formula is C26H40N2O5. The monoisotopic (exact) mass is 460 g/mol. The maximum absolute atomic E-state index is 12.5. The minimum Gasteiger partial charge on any atom is -0.481 e. The van der Waals surface area contributed by atoms with Gasteiger partial charge in [0.2, 0.25) is 5.89 Å². The van der Waals surface area contributed by atoms with Crippen molar-refractivity contribution in [3.05, 3.63) is 30.0 Å². The van der Waals surface area contributed by atoms with Crippen molar-refractivity contribution in [3.63, 3.8) is 0 Å². The van der Waals surface area contributed by atoms with Crippen LogP contribution >= 0.6 is 0 Å². The lowest BCUT2D eigenvalue weighted by Gasteiger charge is -2.24. The molecule has 2 bridgehead atoms. The normalized spacial score (nSPS) is 24.6. The van der Waals surface area contributed by atoms with Crippen molar-refractivity contribution < 1.29 is 23.8 Å². The van der Waals surface area contributed by atoms with Gasteiger partial charge in [-0.05, 0) is 43.9 Å². The van der Waals surface area contributed by atoms with Crippen LogP contribution in [0.3, 0.4) is 0 Å². The summed E-state index contributed by atoms with van der Waals surface area (Å²) in [5, 5.41) is 11.7. The number of unbranched alkanes of at least 4 members (excludes halogenated alkanes) is 3. The number of allylic oxidation sites excluding steroid dienone is 2. The molecule has 0 radical (unpaired) electrons. The molecule has 2 aliphatic heterocycles. The van der Waals surface area contributed by atoms with Crippen LogP contribution in [-0.2, 0) is 9.53 Å². The van der Waals surface area contributed by atoms with E-state index in [0.717, 1.165) is 32.1 Å². The van der Waals surface area contributed by atoms with Crippen LogP contribution in [0, 0.1) is 11.3 Å². The van der Waals surface area contributed by atoms with Crippen LogP contribution in [0.1, 0.15) is 107 Å². The van der Waals surface area contributed by atoms with Crippen LogP contribution in [-0.4, -0.2) is 40.7 Å². The van der Waals surface area contributed by atoms with E-state index >= 15 is 0 Å². The summed E-state index contributed by atoms with van der Waals surface area (Å²) in [5.74, 6) is -0.107. The summed E-state index contributed by atoms with van der Waals surface area (Å²) in [6, 6.07) is 0. The maximum Gasteiger partial charge on any atom is 0.303 e. The molecule has 7 nitrogen and oxygen atoms in total. The highest BCUT2D eigenvalue weighted by Gasteiger charge is 2.51. The van der Waals surface area contributed by atoms with E-state index in [1.165, 1.54) is 25.5 Å². The summed E-state index contributed by atoms with van der Waals surface area (Å²) in [4.78, 5) is 27.7. The van der Waals surface area contributed by atoms with E-state index in [9.17, 15) is 9.59 Å². The second-order valence-electron chi connectivity index (χ2n) is 10.7. The van der Waals surface area contributed by atoms with Gasteiger partial charge in [-0.15, -0.1) is 0 Å². The molecule has 0 aromatic carbocycles. The van der Waals surface area contributed by atoms with Crippen molar-refractivity contribution >= 4 is 11.9 Å². The molecule has 0 unspecified atom stereocenters. The number of carbonyl (C=O) groups excluding carboxylic acids is 1. The highest BCUT2D eigenvalue weighted by atomic mass is 16.5. The summed E-state index contributed by atoms with van der Waals surface area (Å²) in [7, 11) is 0. The van der Waals surface area contributed by atoms with Crippen LogP contribution in [0.5, 0.6) is 0 Å². The number of hydrogen-bond donors (Lipinski definition) is 2. The number of carbonyl (C=O) groups is 2. The molecule has 3 heterocycles. The lowest BCUT2D eigenvalue weighted by molar-refractivity contribution is -0.136. The van der Waals surface area contributed by atoms with Crippen LogP contribution in [0.25, 0.3) is 0 Å². The number of carboxylic acids is 1. The van der Waals surface area contributed by atoms with Gasteiger partial charge < -0.3 is 19.6 Å². The van der Waals surface area contributed by atoms with E-state index < -0.39 is 5.97 Å². The topological polar surface area (TPSA) is 102 Å². The second kappa shape index (κ2) is 11.8. The summed E-state index contributed by atoms with van der Waals surface area (Å²) in [6.45, 7) is 7.45. The molecule has 2 aliphatic rings. The van der Waals surface area contributed by atoms with Crippen molar-refractivity contribution in [2.75, 3.05) is 6.54 Å². The zero-order valence-corrected chi connectivity index (χ0v) is 20.3. The zero-order valence-electron chi connectivity index (χ0n) is 20.3. The molecule has 33 heavy (non-hydrogen) atoms. The number of nitrogens with one attached hydrogen (secondary N) is 1. The lowest BCUT2D eigenvalue weighted by Crippen LogP contribution is -2.26. The number of fused-ring (bicyclic) bond motifs is 2. The lowest BCUT2D eigenvalue weighted by atomic mass is 9.77. The van der Waals surface area contributed by atoms with Gasteiger partial charge in [0.05, 0.1) is 18.1 Å². The fraction of sp³-hybridized carbons (Fsp3) is 0.731. The van der Waals surface area contributed by atoms with Gasteiger partial charge in [0, 0.05) is 18.9 Å². The molecule has 1 aromatic rings. The number of amides is 1. The molecule has 4 atom stereocenters. The fourth-order valence-corrected chi connectivity index (χ4v) is 4.97. The predicted octanol–water partition coefficient (Wildman–Crippen LogP) is 5.47. The Bertz CT molecular complexity index is 810. The van der Waals surface area contributed by atoms with E-state index in [2.05, 4.69) is 31.1 Å². The van der Waals surface area contributed by atoms with Crippen LogP contribution in [0.4, 0.5) is 0 Å². The SMILES string of the molecule is CC(C)(C)CCCCCCNC(=O)c1coc([C@@H]2[C@H](CC=CCCC(=O)O)[C@H]3CC[C@@H]2O3)n1. The van der Waals surface area contributed by atoms with Gasteiger partial charge in [-0.1, -0.05) is 52.2 Å². The molecule has 7 heteroatoms. The Hall–Kier alpha value is -2.15. The van der Waals surface area contributed by atoms with Gasteiger partial charge in [-0.3, -0.25) is 9.59 Å². The third-order valence-electron chi connectivity index (χ3n) is 6.70. The Kier molecular flexibility index (Phi) is 9.12. The highest BCUT2D eigenvalue weighted by molar-refractivity contribution is 5.91. The van der Waals surface area contributed by atoms with E-state index in [0.29, 0.717) is 30.0 Å². The van der Waals surface area contributed by atoms with Gasteiger partial charge in [-0.2, -0.15) is 0 Å². The van der Waals surface area contributed by atoms with Gasteiger partial charge >= 0.3 is 5.97 Å². The standard InChI is InChI=1S/C26H40N2O5/c1-26(2,3)15-9-4-5-10-16-27-24(31)19-17-32-25(28-19)23-18(20-13-14-21(23)33-20)11-7-6-8-12-22(29)30/h6-7,17-18,20-21,23H,4-5,8-16H2,1-3H3,(H,27,31)(H,29,30)/t18-,20-,21+,23-/m1/s1. The number of oxazole rings is 1. The van der Waals surface area contributed by atoms with Gasteiger partial charge in [0.15, 0.2) is 5.69 Å². The first-order valence-electron chi connectivity index (χ1n) is 12.5. The summed E-state index contributed by atoms with van der Waals surface area (Å²) in [5.41, 5.74) is 0.717. The maximum atomic E-state index is 12.5. The summed E-state index contributed by atoms with van der Waals surface area (Å²) >= 11 is 0.